The van der Waals surface area contributed by atoms with Crippen LogP contribution >= 0.6 is 0 Å². The van der Waals surface area contributed by atoms with Crippen molar-refractivity contribution in [2.45, 2.75) is 45.6 Å². The number of aromatic nitrogens is 1. The van der Waals surface area contributed by atoms with Gasteiger partial charge in [0.15, 0.2) is 5.82 Å². The summed E-state index contributed by atoms with van der Waals surface area (Å²) in [5, 5.41) is 6.07. The van der Waals surface area contributed by atoms with Gasteiger partial charge in [-0.2, -0.15) is 0 Å². The minimum atomic E-state index is -0.957. The molecular formula is C18H22N4O5. The first-order chi connectivity index (χ1) is 12.8. The lowest BCUT2D eigenvalue weighted by Crippen LogP contribution is -2.45. The molecule has 1 aromatic heterocycles. The van der Waals surface area contributed by atoms with Gasteiger partial charge in [-0.1, -0.05) is 11.6 Å². The van der Waals surface area contributed by atoms with Crippen molar-refractivity contribution >= 4 is 29.6 Å². The van der Waals surface area contributed by atoms with Crippen molar-refractivity contribution in [2.75, 3.05) is 11.9 Å². The van der Waals surface area contributed by atoms with Crippen molar-refractivity contribution in [1.82, 2.24) is 15.0 Å². The lowest BCUT2D eigenvalue weighted by molar-refractivity contribution is -0.144. The van der Waals surface area contributed by atoms with E-state index in [2.05, 4.69) is 10.5 Å². The summed E-state index contributed by atoms with van der Waals surface area (Å²) in [6, 6.07) is 0.461. The SMILES string of the molecule is Cc1cc(NC(=O)CN2C(=O)C(=O)N(C(C)C3CC4CCC3C4)C2=O)no1. The summed E-state index contributed by atoms with van der Waals surface area (Å²) >= 11 is 0. The number of carbonyl (C=O) groups excluding carboxylic acids is 4. The van der Waals surface area contributed by atoms with Crippen molar-refractivity contribution in [1.29, 1.82) is 0 Å². The van der Waals surface area contributed by atoms with Gasteiger partial charge in [-0.3, -0.25) is 19.3 Å². The number of amides is 5. The Bertz CT molecular complexity index is 818. The predicted octanol–water partition coefficient (Wildman–Crippen LogP) is 1.54. The molecule has 1 aromatic rings. The maximum Gasteiger partial charge on any atom is 0.334 e. The van der Waals surface area contributed by atoms with Gasteiger partial charge in [0.2, 0.25) is 5.91 Å². The van der Waals surface area contributed by atoms with Crippen LogP contribution in [0.25, 0.3) is 0 Å². The second-order valence-electron chi connectivity index (χ2n) is 7.80. The Balaban J connectivity index is 1.44. The molecule has 5 amide bonds. The molecule has 2 bridgehead atoms. The van der Waals surface area contributed by atoms with Gasteiger partial charge < -0.3 is 9.84 Å². The fourth-order valence-corrected chi connectivity index (χ4v) is 4.85. The summed E-state index contributed by atoms with van der Waals surface area (Å²) in [5.74, 6) is -0.313. The highest BCUT2D eigenvalue weighted by Gasteiger charge is 2.52. The topological polar surface area (TPSA) is 113 Å². The molecule has 27 heavy (non-hydrogen) atoms. The highest BCUT2D eigenvalue weighted by molar-refractivity contribution is 6.45. The zero-order valence-electron chi connectivity index (χ0n) is 15.3. The van der Waals surface area contributed by atoms with E-state index < -0.39 is 30.3 Å². The molecule has 1 N–H and O–H groups in total. The molecule has 0 spiro atoms. The molecule has 2 heterocycles. The standard InChI is InChI=1S/C18H22N4O5/c1-9-5-14(20-27-9)19-15(23)8-21-16(24)17(25)22(18(21)26)10(2)13-7-11-3-4-12(13)6-11/h5,10-13H,3-4,6-8H2,1-2H3,(H,19,20,23). The van der Waals surface area contributed by atoms with Crippen molar-refractivity contribution < 1.29 is 23.7 Å². The van der Waals surface area contributed by atoms with Crippen molar-refractivity contribution in [3.8, 4) is 0 Å². The fourth-order valence-electron chi connectivity index (χ4n) is 4.85. The molecule has 2 saturated carbocycles. The molecule has 0 radical (unpaired) electrons. The zero-order chi connectivity index (χ0) is 19.3. The van der Waals surface area contributed by atoms with Crippen LogP contribution in [-0.2, 0) is 14.4 Å². The highest BCUT2D eigenvalue weighted by Crippen LogP contribution is 2.50. The number of hydrogen-bond acceptors (Lipinski definition) is 6. The van der Waals surface area contributed by atoms with Crippen LogP contribution in [0.3, 0.4) is 0 Å². The van der Waals surface area contributed by atoms with E-state index in [9.17, 15) is 19.2 Å². The van der Waals surface area contributed by atoms with Crippen molar-refractivity contribution in [3.63, 3.8) is 0 Å². The average molecular weight is 374 g/mol. The zero-order valence-corrected chi connectivity index (χ0v) is 15.3. The molecule has 1 saturated heterocycles. The molecule has 0 aromatic carbocycles. The van der Waals surface area contributed by atoms with Crippen LogP contribution in [0.2, 0.25) is 0 Å². The number of carbonyl (C=O) groups is 4. The third-order valence-electron chi connectivity index (χ3n) is 6.10. The Labute approximate surface area is 156 Å². The highest BCUT2D eigenvalue weighted by atomic mass is 16.5. The maximum atomic E-state index is 12.7. The molecule has 3 aliphatic rings. The Hall–Kier alpha value is -2.71. The molecular weight excluding hydrogens is 352 g/mol. The second-order valence-corrected chi connectivity index (χ2v) is 7.80. The minimum absolute atomic E-state index is 0.190. The molecule has 1 aliphatic heterocycles. The number of fused-ring (bicyclic) bond motifs is 2. The number of rotatable bonds is 5. The number of nitrogens with zero attached hydrogens (tertiary/aromatic N) is 3. The summed E-state index contributed by atoms with van der Waals surface area (Å²) < 4.78 is 4.85. The lowest BCUT2D eigenvalue weighted by Gasteiger charge is -2.32. The molecule has 144 valence electrons. The first-order valence-electron chi connectivity index (χ1n) is 9.27. The summed E-state index contributed by atoms with van der Waals surface area (Å²) in [5.41, 5.74) is 0. The third-order valence-corrected chi connectivity index (χ3v) is 6.10. The van der Waals surface area contributed by atoms with Crippen LogP contribution in [-0.4, -0.2) is 51.3 Å². The van der Waals surface area contributed by atoms with Gasteiger partial charge in [0, 0.05) is 12.1 Å². The van der Waals surface area contributed by atoms with Gasteiger partial charge in [0.25, 0.3) is 0 Å². The summed E-state index contributed by atoms with van der Waals surface area (Å²) in [6.45, 7) is 2.97. The van der Waals surface area contributed by atoms with Crippen LogP contribution in [0.15, 0.2) is 10.6 Å². The molecule has 9 nitrogen and oxygen atoms in total. The first kappa shape index (κ1) is 17.7. The number of imide groups is 2. The third kappa shape index (κ3) is 3.00. The molecule has 4 rings (SSSR count). The van der Waals surface area contributed by atoms with Gasteiger partial charge >= 0.3 is 17.8 Å². The van der Waals surface area contributed by atoms with Crippen LogP contribution in [0, 0.1) is 24.7 Å². The number of aryl methyl sites for hydroxylation is 1. The minimum Gasteiger partial charge on any atom is -0.360 e. The van der Waals surface area contributed by atoms with E-state index in [1.807, 2.05) is 6.92 Å². The Morgan fingerprint density at radius 3 is 2.67 bits per heavy atom. The normalized spacial score (nSPS) is 28.4. The van der Waals surface area contributed by atoms with Gasteiger partial charge in [0.05, 0.1) is 0 Å². The number of nitrogens with one attached hydrogen (secondary N) is 1. The molecule has 4 unspecified atom stereocenters. The smallest absolute Gasteiger partial charge is 0.334 e. The predicted molar refractivity (Wildman–Crippen MR) is 92.2 cm³/mol. The van der Waals surface area contributed by atoms with Crippen LogP contribution in [0.1, 0.15) is 38.4 Å². The molecule has 2 aliphatic carbocycles. The van der Waals surface area contributed by atoms with Gasteiger partial charge in [0.1, 0.15) is 12.3 Å². The van der Waals surface area contributed by atoms with E-state index >= 15 is 0 Å². The molecule has 9 heteroatoms. The maximum absolute atomic E-state index is 12.7. The summed E-state index contributed by atoms with van der Waals surface area (Å²) in [7, 11) is 0. The van der Waals surface area contributed by atoms with E-state index in [0.717, 1.165) is 24.2 Å². The number of hydrogen-bond donors (Lipinski definition) is 1. The van der Waals surface area contributed by atoms with E-state index in [-0.39, 0.29) is 17.8 Å². The average Bonchev–Trinajstić information content (AvgIpc) is 3.38. The van der Waals surface area contributed by atoms with Gasteiger partial charge in [-0.05, 0) is 50.9 Å². The Morgan fingerprint density at radius 2 is 2.07 bits per heavy atom. The van der Waals surface area contributed by atoms with E-state index in [1.165, 1.54) is 12.5 Å². The first-order valence-corrected chi connectivity index (χ1v) is 9.27. The lowest BCUT2D eigenvalue weighted by atomic mass is 9.83. The van der Waals surface area contributed by atoms with E-state index in [0.29, 0.717) is 22.5 Å². The van der Waals surface area contributed by atoms with Crippen LogP contribution in [0.5, 0.6) is 0 Å². The summed E-state index contributed by atoms with van der Waals surface area (Å²) in [6.07, 6.45) is 4.46. The van der Waals surface area contributed by atoms with Gasteiger partial charge in [-0.25, -0.2) is 9.69 Å². The number of urea groups is 1. The quantitative estimate of drug-likeness (QED) is 0.618. The number of anilines is 1. The fraction of sp³-hybridized carbons (Fsp3) is 0.611. The van der Waals surface area contributed by atoms with E-state index in [1.54, 1.807) is 6.92 Å². The van der Waals surface area contributed by atoms with E-state index in [4.69, 9.17) is 4.52 Å². The van der Waals surface area contributed by atoms with Crippen LogP contribution < -0.4 is 5.32 Å². The van der Waals surface area contributed by atoms with Crippen molar-refractivity contribution in [3.05, 3.63) is 11.8 Å². The van der Waals surface area contributed by atoms with Gasteiger partial charge in [-0.15, -0.1) is 0 Å². The summed E-state index contributed by atoms with van der Waals surface area (Å²) in [4.78, 5) is 51.3. The molecule has 3 fully saturated rings. The van der Waals surface area contributed by atoms with Crippen molar-refractivity contribution in [2.24, 2.45) is 17.8 Å². The monoisotopic (exact) mass is 374 g/mol. The van der Waals surface area contributed by atoms with Crippen LogP contribution in [0.4, 0.5) is 10.6 Å². The largest absolute Gasteiger partial charge is 0.360 e. The second kappa shape index (κ2) is 6.47. The Kier molecular flexibility index (Phi) is 4.24. The Morgan fingerprint density at radius 1 is 1.30 bits per heavy atom. The molecule has 4 atom stereocenters.